The van der Waals surface area contributed by atoms with Crippen molar-refractivity contribution in [3.8, 4) is 11.4 Å². The number of para-hydroxylation sites is 1. The van der Waals surface area contributed by atoms with Crippen molar-refractivity contribution in [1.82, 2.24) is 14.5 Å². The lowest BCUT2D eigenvalue weighted by Gasteiger charge is -2.30. The first-order valence-electron chi connectivity index (χ1n) is 12.1. The molecule has 196 valence electrons. The van der Waals surface area contributed by atoms with Crippen LogP contribution in [-0.2, 0) is 4.74 Å². The van der Waals surface area contributed by atoms with Gasteiger partial charge in [-0.3, -0.25) is 24.3 Å². The van der Waals surface area contributed by atoms with E-state index in [0.29, 0.717) is 53.3 Å². The molecule has 4 aromatic rings. The first kappa shape index (κ1) is 26.5. The summed E-state index contributed by atoms with van der Waals surface area (Å²) in [5.74, 6) is 0.679. The van der Waals surface area contributed by atoms with Gasteiger partial charge in [0.2, 0.25) is 0 Å². The number of aromatic nitrogens is 2. The van der Waals surface area contributed by atoms with E-state index in [-0.39, 0.29) is 17.2 Å². The van der Waals surface area contributed by atoms with Crippen LogP contribution in [0.15, 0.2) is 77.6 Å². The molecule has 0 spiro atoms. The summed E-state index contributed by atoms with van der Waals surface area (Å²) < 4.78 is 12.0. The fourth-order valence-electron chi connectivity index (χ4n) is 4.29. The van der Waals surface area contributed by atoms with Crippen LogP contribution in [0.5, 0.6) is 5.75 Å². The molecule has 10 heteroatoms. The number of benzene rings is 3. The number of methoxy groups -OCH3 is 2. The summed E-state index contributed by atoms with van der Waals surface area (Å²) in [6.45, 7) is 2.55. The van der Waals surface area contributed by atoms with Gasteiger partial charge in [0.15, 0.2) is 0 Å². The minimum atomic E-state index is -0.631. The number of fused-ring (bicyclic) bond motifs is 1. The fourth-order valence-corrected chi connectivity index (χ4v) is 4.29. The largest absolute Gasteiger partial charge is 0.497 e. The Bertz CT molecular complexity index is 1500. The lowest BCUT2D eigenvalue weighted by molar-refractivity contribution is -0.384. The minimum Gasteiger partial charge on any atom is -0.497 e. The van der Waals surface area contributed by atoms with E-state index < -0.39 is 11.0 Å². The minimum absolute atomic E-state index is 0.106. The number of hydrogen-bond acceptors (Lipinski definition) is 7. The van der Waals surface area contributed by atoms with Crippen LogP contribution in [0.1, 0.15) is 35.6 Å². The van der Waals surface area contributed by atoms with Crippen LogP contribution in [0.2, 0.25) is 0 Å². The number of ether oxygens (including phenoxy) is 2. The van der Waals surface area contributed by atoms with E-state index in [4.69, 9.17) is 14.5 Å². The average Bonchev–Trinajstić information content (AvgIpc) is 2.95. The zero-order valence-electron chi connectivity index (χ0n) is 21.4. The molecule has 0 aliphatic carbocycles. The van der Waals surface area contributed by atoms with Crippen molar-refractivity contribution in [2.24, 2.45) is 0 Å². The Labute approximate surface area is 219 Å². The number of carbonyl (C=O) groups excluding carboxylic acids is 1. The van der Waals surface area contributed by atoms with Crippen LogP contribution < -0.4 is 10.3 Å². The summed E-state index contributed by atoms with van der Waals surface area (Å²) in [7, 11) is 3.14. The second kappa shape index (κ2) is 11.7. The molecule has 1 atom stereocenters. The van der Waals surface area contributed by atoms with Gasteiger partial charge in [-0.2, -0.15) is 0 Å². The molecule has 0 fully saturated rings. The summed E-state index contributed by atoms with van der Waals surface area (Å²) in [6.07, 6.45) is 0.542. The van der Waals surface area contributed by atoms with Gasteiger partial charge in [-0.25, -0.2) is 4.98 Å². The van der Waals surface area contributed by atoms with E-state index in [1.165, 1.54) is 28.8 Å². The Morgan fingerprint density at radius 2 is 1.74 bits per heavy atom. The number of nitro benzene ring substituents is 1. The molecule has 0 saturated heterocycles. The normalized spacial score (nSPS) is 11.8. The first-order chi connectivity index (χ1) is 18.3. The van der Waals surface area contributed by atoms with E-state index in [1.54, 1.807) is 67.7 Å². The summed E-state index contributed by atoms with van der Waals surface area (Å²) in [4.78, 5) is 44.4. The maximum absolute atomic E-state index is 13.7. The Morgan fingerprint density at radius 1 is 1.05 bits per heavy atom. The van der Waals surface area contributed by atoms with E-state index >= 15 is 0 Å². The Morgan fingerprint density at radius 3 is 2.37 bits per heavy atom. The van der Waals surface area contributed by atoms with Gasteiger partial charge in [-0.15, -0.1) is 0 Å². The Kier molecular flexibility index (Phi) is 8.12. The number of non-ortho nitro benzene ring substituents is 1. The zero-order chi connectivity index (χ0) is 27.2. The third kappa shape index (κ3) is 5.40. The van der Waals surface area contributed by atoms with Crippen LogP contribution in [0.3, 0.4) is 0 Å². The quantitative estimate of drug-likeness (QED) is 0.173. The van der Waals surface area contributed by atoms with Gasteiger partial charge < -0.3 is 14.4 Å². The van der Waals surface area contributed by atoms with E-state index in [0.717, 1.165) is 0 Å². The molecule has 0 aliphatic rings. The highest BCUT2D eigenvalue weighted by Crippen LogP contribution is 2.26. The first-order valence-corrected chi connectivity index (χ1v) is 12.1. The molecule has 0 saturated carbocycles. The lowest BCUT2D eigenvalue weighted by atomic mass is 10.1. The molecular formula is C28H28N4O6. The van der Waals surface area contributed by atoms with Crippen LogP contribution in [0, 0.1) is 10.1 Å². The van der Waals surface area contributed by atoms with Crippen LogP contribution in [0.25, 0.3) is 16.6 Å². The van der Waals surface area contributed by atoms with Crippen molar-refractivity contribution in [2.45, 2.75) is 19.4 Å². The zero-order valence-corrected chi connectivity index (χ0v) is 21.4. The summed E-state index contributed by atoms with van der Waals surface area (Å²) >= 11 is 0. The molecule has 38 heavy (non-hydrogen) atoms. The highest BCUT2D eigenvalue weighted by Gasteiger charge is 2.28. The molecular weight excluding hydrogens is 488 g/mol. The maximum Gasteiger partial charge on any atom is 0.269 e. The van der Waals surface area contributed by atoms with Gasteiger partial charge in [0.25, 0.3) is 17.2 Å². The number of hydrogen-bond donors (Lipinski definition) is 0. The van der Waals surface area contributed by atoms with Crippen molar-refractivity contribution in [2.75, 3.05) is 27.4 Å². The molecule has 1 unspecified atom stereocenters. The number of rotatable bonds is 10. The van der Waals surface area contributed by atoms with Crippen molar-refractivity contribution < 1.29 is 19.2 Å². The SMILES string of the molecule is COCCCN(C(=O)c1ccc([N+](=O)[O-])cc1)C(C)c1nc2ccccc2c(=O)n1-c1ccc(OC)cc1. The van der Waals surface area contributed by atoms with Gasteiger partial charge in [0.1, 0.15) is 11.6 Å². The molecule has 0 bridgehead atoms. The number of carbonyl (C=O) groups is 1. The second-order valence-electron chi connectivity index (χ2n) is 8.65. The highest BCUT2D eigenvalue weighted by molar-refractivity contribution is 5.94. The van der Waals surface area contributed by atoms with Crippen LogP contribution in [0.4, 0.5) is 5.69 Å². The van der Waals surface area contributed by atoms with Gasteiger partial charge in [0.05, 0.1) is 34.7 Å². The van der Waals surface area contributed by atoms with E-state index in [2.05, 4.69) is 0 Å². The maximum atomic E-state index is 13.7. The van der Waals surface area contributed by atoms with Crippen molar-refractivity contribution >= 4 is 22.5 Å². The third-order valence-electron chi connectivity index (χ3n) is 6.31. The monoisotopic (exact) mass is 516 g/mol. The molecule has 0 N–H and O–H groups in total. The van der Waals surface area contributed by atoms with Crippen LogP contribution >= 0.6 is 0 Å². The summed E-state index contributed by atoms with van der Waals surface area (Å²) in [5, 5.41) is 11.5. The molecule has 1 aromatic heterocycles. The lowest BCUT2D eigenvalue weighted by Crippen LogP contribution is -2.38. The van der Waals surface area contributed by atoms with E-state index in [9.17, 15) is 19.7 Å². The molecule has 10 nitrogen and oxygen atoms in total. The average molecular weight is 517 g/mol. The fraction of sp³-hybridized carbons (Fsp3) is 0.250. The summed E-state index contributed by atoms with van der Waals surface area (Å²) in [5.41, 5.74) is 1.02. The molecule has 0 radical (unpaired) electrons. The molecule has 3 aromatic carbocycles. The smallest absolute Gasteiger partial charge is 0.269 e. The molecule has 1 amide bonds. The Hall–Kier alpha value is -4.57. The molecule has 1 heterocycles. The number of nitro groups is 1. The van der Waals surface area contributed by atoms with Crippen molar-refractivity contribution in [3.05, 3.63) is 105 Å². The van der Waals surface area contributed by atoms with Gasteiger partial charge in [-0.1, -0.05) is 12.1 Å². The van der Waals surface area contributed by atoms with E-state index in [1.807, 2.05) is 6.92 Å². The Balaban J connectivity index is 1.84. The van der Waals surface area contributed by atoms with Crippen LogP contribution in [-0.4, -0.2) is 52.7 Å². The number of amides is 1. The third-order valence-corrected chi connectivity index (χ3v) is 6.31. The van der Waals surface area contributed by atoms with Gasteiger partial charge >= 0.3 is 0 Å². The van der Waals surface area contributed by atoms with Crippen molar-refractivity contribution in [1.29, 1.82) is 0 Å². The number of nitrogens with zero attached hydrogens (tertiary/aromatic N) is 4. The second-order valence-corrected chi connectivity index (χ2v) is 8.65. The van der Waals surface area contributed by atoms with Crippen molar-refractivity contribution in [3.63, 3.8) is 0 Å². The topological polar surface area (TPSA) is 117 Å². The summed E-state index contributed by atoms with van der Waals surface area (Å²) in [6, 6.07) is 18.9. The highest BCUT2D eigenvalue weighted by atomic mass is 16.6. The standard InChI is InChI=1S/C28H28N4O6/c1-19(30(17-6-18-37-2)27(33)20-9-11-22(12-10-20)32(35)36)26-29-25-8-5-4-7-24(25)28(34)31(26)21-13-15-23(38-3)16-14-21/h4-5,7-16,19H,6,17-18H2,1-3H3. The predicted octanol–water partition coefficient (Wildman–Crippen LogP) is 4.54. The molecule has 0 aliphatic heterocycles. The van der Waals surface area contributed by atoms with Gasteiger partial charge in [0, 0.05) is 38.0 Å². The van der Waals surface area contributed by atoms with Gasteiger partial charge in [-0.05, 0) is 61.9 Å². The predicted molar refractivity (Wildman–Crippen MR) is 143 cm³/mol. The molecule has 4 rings (SSSR count).